The van der Waals surface area contributed by atoms with Crippen LogP contribution in [0.1, 0.15) is 10.4 Å². The smallest absolute Gasteiger partial charge is 0.256 e. The van der Waals surface area contributed by atoms with Crippen molar-refractivity contribution in [1.82, 2.24) is 9.97 Å². The van der Waals surface area contributed by atoms with Crippen LogP contribution in [0.4, 0.5) is 11.4 Å². The Bertz CT molecular complexity index is 1200. The Hall–Kier alpha value is -3.77. The summed E-state index contributed by atoms with van der Waals surface area (Å²) < 4.78 is 5.42. The number of anilines is 2. The number of nitrogens with zero attached hydrogens (tertiary/aromatic N) is 3. The van der Waals surface area contributed by atoms with E-state index in [2.05, 4.69) is 15.2 Å². The van der Waals surface area contributed by atoms with E-state index in [1.807, 2.05) is 66.7 Å². The van der Waals surface area contributed by atoms with Crippen molar-refractivity contribution in [1.29, 1.82) is 0 Å². The van der Waals surface area contributed by atoms with Gasteiger partial charge in [0.25, 0.3) is 5.91 Å². The Balaban J connectivity index is 1.44. The number of morpholine rings is 1. The zero-order valence-electron chi connectivity index (χ0n) is 17.0. The van der Waals surface area contributed by atoms with Crippen molar-refractivity contribution in [3.63, 3.8) is 0 Å². The molecule has 1 aliphatic heterocycles. The molecule has 3 heterocycles. The Morgan fingerprint density at radius 3 is 2.55 bits per heavy atom. The molecule has 31 heavy (non-hydrogen) atoms. The van der Waals surface area contributed by atoms with Gasteiger partial charge in [0.2, 0.25) is 0 Å². The lowest BCUT2D eigenvalue weighted by molar-refractivity contribution is 0.102. The number of benzene rings is 2. The second-order valence-electron chi connectivity index (χ2n) is 7.41. The highest BCUT2D eigenvalue weighted by Crippen LogP contribution is 2.26. The van der Waals surface area contributed by atoms with Gasteiger partial charge in [-0.2, -0.15) is 0 Å². The summed E-state index contributed by atoms with van der Waals surface area (Å²) in [7, 11) is 0. The molecule has 6 heteroatoms. The van der Waals surface area contributed by atoms with E-state index in [1.165, 1.54) is 0 Å². The molecule has 5 rings (SSSR count). The fourth-order valence-corrected chi connectivity index (χ4v) is 3.80. The first-order valence-electron chi connectivity index (χ1n) is 10.3. The maximum absolute atomic E-state index is 13.2. The predicted molar refractivity (Wildman–Crippen MR) is 122 cm³/mol. The van der Waals surface area contributed by atoms with E-state index in [9.17, 15) is 4.79 Å². The van der Waals surface area contributed by atoms with Gasteiger partial charge in [-0.3, -0.25) is 9.78 Å². The van der Waals surface area contributed by atoms with E-state index >= 15 is 0 Å². The molecule has 2 aromatic carbocycles. The normalized spacial score (nSPS) is 13.9. The van der Waals surface area contributed by atoms with Crippen LogP contribution in [0.25, 0.3) is 22.2 Å². The summed E-state index contributed by atoms with van der Waals surface area (Å²) in [6.45, 7) is 3.25. The Labute approximate surface area is 180 Å². The van der Waals surface area contributed by atoms with E-state index in [4.69, 9.17) is 9.72 Å². The first kappa shape index (κ1) is 19.2. The molecule has 1 aliphatic rings. The molecule has 1 amide bonds. The fourth-order valence-electron chi connectivity index (χ4n) is 3.80. The molecule has 0 spiro atoms. The number of pyridine rings is 2. The molecule has 0 radical (unpaired) electrons. The van der Waals surface area contributed by atoms with Gasteiger partial charge in [0, 0.05) is 47.8 Å². The fraction of sp³-hybridized carbons (Fsp3) is 0.160. The van der Waals surface area contributed by atoms with Crippen LogP contribution >= 0.6 is 0 Å². The molecular weight excluding hydrogens is 388 g/mol. The number of para-hydroxylation sites is 1. The third-order valence-electron chi connectivity index (χ3n) is 5.42. The number of carbonyl (C=O) groups is 1. The summed E-state index contributed by atoms with van der Waals surface area (Å²) in [5.41, 5.74) is 4.84. The second-order valence-corrected chi connectivity index (χ2v) is 7.41. The van der Waals surface area contributed by atoms with Crippen molar-refractivity contribution in [2.75, 3.05) is 36.5 Å². The van der Waals surface area contributed by atoms with E-state index in [0.29, 0.717) is 5.56 Å². The Kier molecular flexibility index (Phi) is 5.29. The predicted octanol–water partition coefficient (Wildman–Crippen LogP) is 4.39. The molecule has 1 fully saturated rings. The molecule has 0 atom stereocenters. The zero-order valence-corrected chi connectivity index (χ0v) is 17.0. The first-order chi connectivity index (χ1) is 15.3. The van der Waals surface area contributed by atoms with Gasteiger partial charge < -0.3 is 15.0 Å². The number of nitrogens with one attached hydrogen (secondary N) is 1. The van der Waals surface area contributed by atoms with E-state index in [1.54, 1.807) is 12.4 Å². The largest absolute Gasteiger partial charge is 0.378 e. The number of aromatic nitrogens is 2. The molecular formula is C25H22N4O2. The summed E-state index contributed by atoms with van der Waals surface area (Å²) in [6.07, 6.45) is 3.47. The number of hydrogen-bond acceptors (Lipinski definition) is 5. The summed E-state index contributed by atoms with van der Waals surface area (Å²) in [4.78, 5) is 24.4. The highest BCUT2D eigenvalue weighted by Gasteiger charge is 2.15. The molecule has 6 nitrogen and oxygen atoms in total. The molecule has 0 bridgehead atoms. The summed E-state index contributed by atoms with van der Waals surface area (Å²) >= 11 is 0. The van der Waals surface area contributed by atoms with Crippen LogP contribution in [0, 0.1) is 0 Å². The van der Waals surface area contributed by atoms with Gasteiger partial charge in [-0.1, -0.05) is 18.2 Å². The third-order valence-corrected chi connectivity index (χ3v) is 5.42. The van der Waals surface area contributed by atoms with Crippen molar-refractivity contribution in [3.8, 4) is 11.3 Å². The van der Waals surface area contributed by atoms with Crippen LogP contribution in [0.5, 0.6) is 0 Å². The number of amides is 1. The molecule has 154 valence electrons. The molecule has 0 saturated carbocycles. The van der Waals surface area contributed by atoms with E-state index in [0.717, 1.165) is 59.8 Å². The summed E-state index contributed by atoms with van der Waals surface area (Å²) in [5, 5.41) is 3.85. The van der Waals surface area contributed by atoms with E-state index < -0.39 is 0 Å². The molecule has 0 aliphatic carbocycles. The Morgan fingerprint density at radius 1 is 0.968 bits per heavy atom. The lowest BCUT2D eigenvalue weighted by Gasteiger charge is -2.28. The third kappa shape index (κ3) is 4.11. The van der Waals surface area contributed by atoms with Gasteiger partial charge in [0.1, 0.15) is 0 Å². The van der Waals surface area contributed by atoms with Crippen molar-refractivity contribution in [3.05, 3.63) is 84.7 Å². The summed E-state index contributed by atoms with van der Waals surface area (Å²) in [6, 6.07) is 21.3. The van der Waals surface area contributed by atoms with Gasteiger partial charge >= 0.3 is 0 Å². The molecule has 1 N–H and O–H groups in total. The minimum Gasteiger partial charge on any atom is -0.378 e. The monoisotopic (exact) mass is 410 g/mol. The maximum atomic E-state index is 13.2. The van der Waals surface area contributed by atoms with Gasteiger partial charge in [0.05, 0.1) is 30.0 Å². The second kappa shape index (κ2) is 8.53. The number of fused-ring (bicyclic) bond motifs is 1. The molecule has 4 aromatic rings. The lowest BCUT2D eigenvalue weighted by atomic mass is 10.0. The minimum atomic E-state index is -0.164. The maximum Gasteiger partial charge on any atom is 0.256 e. The molecule has 0 unspecified atom stereocenters. The van der Waals surface area contributed by atoms with Crippen LogP contribution < -0.4 is 10.2 Å². The van der Waals surface area contributed by atoms with Crippen LogP contribution in [-0.4, -0.2) is 42.2 Å². The van der Waals surface area contributed by atoms with Crippen molar-refractivity contribution in [2.24, 2.45) is 0 Å². The number of hydrogen-bond donors (Lipinski definition) is 1. The average Bonchev–Trinajstić information content (AvgIpc) is 2.85. The quantitative estimate of drug-likeness (QED) is 0.541. The average molecular weight is 410 g/mol. The van der Waals surface area contributed by atoms with Crippen molar-refractivity contribution in [2.45, 2.75) is 0 Å². The van der Waals surface area contributed by atoms with Gasteiger partial charge in [-0.15, -0.1) is 0 Å². The van der Waals surface area contributed by atoms with Crippen LogP contribution in [0.3, 0.4) is 0 Å². The van der Waals surface area contributed by atoms with Crippen molar-refractivity contribution >= 4 is 28.2 Å². The van der Waals surface area contributed by atoms with Gasteiger partial charge in [0.15, 0.2) is 0 Å². The van der Waals surface area contributed by atoms with Crippen LogP contribution in [0.2, 0.25) is 0 Å². The SMILES string of the molecule is O=C(Nc1ccc(N2CCOCC2)cc1)c1cc(-c2cccnc2)nc2ccccc12. The summed E-state index contributed by atoms with van der Waals surface area (Å²) in [5.74, 6) is -0.164. The number of ether oxygens (including phenoxy) is 1. The Morgan fingerprint density at radius 2 is 1.77 bits per heavy atom. The van der Waals surface area contributed by atoms with Crippen LogP contribution in [0.15, 0.2) is 79.1 Å². The minimum absolute atomic E-state index is 0.164. The number of rotatable bonds is 4. The highest BCUT2D eigenvalue weighted by atomic mass is 16.5. The first-order valence-corrected chi connectivity index (χ1v) is 10.3. The molecule has 2 aromatic heterocycles. The van der Waals surface area contributed by atoms with Gasteiger partial charge in [-0.05, 0) is 48.5 Å². The van der Waals surface area contributed by atoms with Crippen molar-refractivity contribution < 1.29 is 9.53 Å². The lowest BCUT2D eigenvalue weighted by Crippen LogP contribution is -2.36. The van der Waals surface area contributed by atoms with E-state index in [-0.39, 0.29) is 5.91 Å². The number of carbonyl (C=O) groups excluding carboxylic acids is 1. The zero-order chi connectivity index (χ0) is 21.0. The molecule has 1 saturated heterocycles. The van der Waals surface area contributed by atoms with Crippen LogP contribution in [-0.2, 0) is 4.74 Å². The topological polar surface area (TPSA) is 67.4 Å². The standard InChI is InChI=1S/C25H22N4O2/c30-25(27-19-7-9-20(10-8-19)29-12-14-31-15-13-29)22-16-24(18-4-3-11-26-17-18)28-23-6-2-1-5-21(22)23/h1-11,16-17H,12-15H2,(H,27,30). The highest BCUT2D eigenvalue weighted by molar-refractivity contribution is 6.13. The van der Waals surface area contributed by atoms with Gasteiger partial charge in [-0.25, -0.2) is 4.98 Å².